The molecule has 0 aliphatic carbocycles. The first-order valence-corrected chi connectivity index (χ1v) is 3.79. The topological polar surface area (TPSA) is 63.3 Å². The zero-order valence-electron chi connectivity index (χ0n) is 7.17. The maximum absolute atomic E-state index is 13.0. The lowest BCUT2D eigenvalue weighted by atomic mass is 10.1. The predicted octanol–water partition coefficient (Wildman–Crippen LogP) is 0.981. The summed E-state index contributed by atoms with van der Waals surface area (Å²) in [5, 5.41) is 9.23. The summed E-state index contributed by atoms with van der Waals surface area (Å²) in [7, 11) is 0. The molecular weight excluding hydrogens is 173 g/mol. The molecule has 0 atom stereocenters. The van der Waals surface area contributed by atoms with Crippen LogP contribution < -0.4 is 5.73 Å². The van der Waals surface area contributed by atoms with Crippen molar-refractivity contribution in [1.82, 2.24) is 0 Å². The first-order valence-electron chi connectivity index (χ1n) is 3.79. The smallest absolute Gasteiger partial charge is 0.180 e. The van der Waals surface area contributed by atoms with Crippen molar-refractivity contribution in [3.8, 4) is 5.75 Å². The van der Waals surface area contributed by atoms with Gasteiger partial charge in [0.2, 0.25) is 0 Å². The van der Waals surface area contributed by atoms with E-state index in [1.54, 1.807) is 0 Å². The molecule has 0 radical (unpaired) electrons. The molecule has 1 aromatic rings. The van der Waals surface area contributed by atoms with Gasteiger partial charge in [-0.05, 0) is 18.6 Å². The van der Waals surface area contributed by atoms with E-state index in [-0.39, 0.29) is 12.1 Å². The van der Waals surface area contributed by atoms with Crippen LogP contribution in [-0.4, -0.2) is 17.4 Å². The zero-order valence-corrected chi connectivity index (χ0v) is 7.17. The van der Waals surface area contributed by atoms with Crippen LogP contribution in [0.3, 0.4) is 0 Å². The third kappa shape index (κ3) is 1.67. The quantitative estimate of drug-likeness (QED) is 0.672. The van der Waals surface area contributed by atoms with E-state index in [0.29, 0.717) is 5.56 Å². The summed E-state index contributed by atoms with van der Waals surface area (Å²) in [4.78, 5) is 11.0. The largest absolute Gasteiger partial charge is 0.504 e. The Labute approximate surface area is 75.0 Å². The Morgan fingerprint density at radius 2 is 2.23 bits per heavy atom. The van der Waals surface area contributed by atoms with Gasteiger partial charge in [0.15, 0.2) is 17.3 Å². The molecule has 1 rings (SSSR count). The van der Waals surface area contributed by atoms with Gasteiger partial charge < -0.3 is 10.8 Å². The fourth-order valence-electron chi connectivity index (χ4n) is 1.00. The lowest BCUT2D eigenvalue weighted by Crippen LogP contribution is -2.14. The van der Waals surface area contributed by atoms with Crippen molar-refractivity contribution < 1.29 is 14.3 Å². The van der Waals surface area contributed by atoms with Crippen molar-refractivity contribution in [3.05, 3.63) is 29.1 Å². The second kappa shape index (κ2) is 3.53. The Hall–Kier alpha value is -1.42. The molecule has 13 heavy (non-hydrogen) atoms. The first-order chi connectivity index (χ1) is 6.07. The lowest BCUT2D eigenvalue weighted by Gasteiger charge is -2.04. The molecule has 3 N–H and O–H groups in total. The van der Waals surface area contributed by atoms with Crippen LogP contribution in [0.5, 0.6) is 5.75 Å². The fourth-order valence-corrected chi connectivity index (χ4v) is 1.00. The Morgan fingerprint density at radius 3 is 2.77 bits per heavy atom. The van der Waals surface area contributed by atoms with E-state index in [1.807, 2.05) is 0 Å². The Morgan fingerprint density at radius 1 is 1.62 bits per heavy atom. The average molecular weight is 183 g/mol. The molecule has 0 fully saturated rings. The molecule has 1 aromatic carbocycles. The van der Waals surface area contributed by atoms with Crippen molar-refractivity contribution in [2.24, 2.45) is 5.73 Å². The number of halogens is 1. The van der Waals surface area contributed by atoms with Crippen molar-refractivity contribution in [2.45, 2.75) is 6.92 Å². The second-order valence-corrected chi connectivity index (χ2v) is 2.72. The molecule has 0 amide bonds. The van der Waals surface area contributed by atoms with Gasteiger partial charge in [-0.15, -0.1) is 0 Å². The molecule has 0 aromatic heterocycles. The molecule has 3 nitrogen and oxygen atoms in total. The zero-order chi connectivity index (χ0) is 10.0. The summed E-state index contributed by atoms with van der Waals surface area (Å²) in [6.07, 6.45) is 0. The fraction of sp³-hybridized carbons (Fsp3) is 0.222. The summed E-state index contributed by atoms with van der Waals surface area (Å²) in [6.45, 7) is 1.27. The number of aryl methyl sites for hydroxylation is 1. The molecule has 0 heterocycles. The highest BCUT2D eigenvalue weighted by atomic mass is 19.1. The normalized spacial score (nSPS) is 10.1. The van der Waals surface area contributed by atoms with Crippen molar-refractivity contribution in [3.63, 3.8) is 0 Å². The summed E-state index contributed by atoms with van der Waals surface area (Å²) in [5.74, 6) is -1.86. The van der Waals surface area contributed by atoms with Gasteiger partial charge in [0.1, 0.15) is 0 Å². The molecule has 0 saturated heterocycles. The number of carbonyl (C=O) groups excluding carboxylic acids is 1. The van der Waals surface area contributed by atoms with Gasteiger partial charge in [-0.1, -0.05) is 6.07 Å². The summed E-state index contributed by atoms with van der Waals surface area (Å²) >= 11 is 0. The molecule has 0 aliphatic rings. The summed E-state index contributed by atoms with van der Waals surface area (Å²) in [5.41, 5.74) is 5.31. The van der Waals surface area contributed by atoms with E-state index in [2.05, 4.69) is 0 Å². The molecular formula is C9H10FNO2. The number of nitrogens with two attached hydrogens (primary N) is 1. The number of Topliss-reactive ketones (excluding diaryl/α,β-unsaturated/α-hetero) is 1. The average Bonchev–Trinajstić information content (AvgIpc) is 2.13. The standard InChI is InChI=1S/C9H10FNO2/c1-5-2-3-6(7(12)4-11)9(13)8(5)10/h2-3,13H,4,11H2,1H3. The third-order valence-corrected chi connectivity index (χ3v) is 1.80. The van der Waals surface area contributed by atoms with Crippen LogP contribution in [0.1, 0.15) is 15.9 Å². The molecule has 70 valence electrons. The number of rotatable bonds is 2. The third-order valence-electron chi connectivity index (χ3n) is 1.80. The first kappa shape index (κ1) is 9.67. The highest BCUT2D eigenvalue weighted by molar-refractivity contribution is 5.99. The van der Waals surface area contributed by atoms with E-state index in [9.17, 15) is 14.3 Å². The predicted molar refractivity (Wildman–Crippen MR) is 46.2 cm³/mol. The highest BCUT2D eigenvalue weighted by Gasteiger charge is 2.14. The van der Waals surface area contributed by atoms with Crippen molar-refractivity contribution >= 4 is 5.78 Å². The van der Waals surface area contributed by atoms with Crippen LogP contribution in [0.15, 0.2) is 12.1 Å². The van der Waals surface area contributed by atoms with Gasteiger partial charge in [0, 0.05) is 0 Å². The van der Waals surface area contributed by atoms with E-state index in [1.165, 1.54) is 19.1 Å². The monoisotopic (exact) mass is 183 g/mol. The van der Waals surface area contributed by atoms with Crippen LogP contribution >= 0.6 is 0 Å². The minimum absolute atomic E-state index is 0.0643. The number of carbonyl (C=O) groups is 1. The van der Waals surface area contributed by atoms with Gasteiger partial charge in [-0.2, -0.15) is 0 Å². The van der Waals surface area contributed by atoms with Crippen molar-refractivity contribution in [1.29, 1.82) is 0 Å². The Kier molecular flexibility index (Phi) is 2.63. The molecule has 0 aliphatic heterocycles. The maximum Gasteiger partial charge on any atom is 0.180 e. The van der Waals surface area contributed by atoms with Crippen LogP contribution in [0, 0.1) is 12.7 Å². The number of benzene rings is 1. The van der Waals surface area contributed by atoms with Gasteiger partial charge in [-0.25, -0.2) is 4.39 Å². The van der Waals surface area contributed by atoms with E-state index in [0.717, 1.165) is 0 Å². The molecule has 4 heteroatoms. The minimum Gasteiger partial charge on any atom is -0.504 e. The second-order valence-electron chi connectivity index (χ2n) is 2.72. The number of aromatic hydroxyl groups is 1. The minimum atomic E-state index is -0.765. The van der Waals surface area contributed by atoms with Crippen molar-refractivity contribution in [2.75, 3.05) is 6.54 Å². The molecule has 0 unspecified atom stereocenters. The SMILES string of the molecule is Cc1ccc(C(=O)CN)c(O)c1F. The van der Waals surface area contributed by atoms with Gasteiger partial charge in [0.05, 0.1) is 12.1 Å². The van der Waals surface area contributed by atoms with Crippen LogP contribution in [0.2, 0.25) is 0 Å². The Balaban J connectivity index is 3.26. The highest BCUT2D eigenvalue weighted by Crippen LogP contribution is 2.23. The van der Waals surface area contributed by atoms with E-state index < -0.39 is 17.3 Å². The Bertz CT molecular complexity index is 350. The molecule has 0 saturated carbocycles. The molecule has 0 spiro atoms. The van der Waals surface area contributed by atoms with Crippen LogP contribution in [0.25, 0.3) is 0 Å². The van der Waals surface area contributed by atoms with E-state index in [4.69, 9.17) is 5.73 Å². The number of ketones is 1. The molecule has 0 bridgehead atoms. The van der Waals surface area contributed by atoms with Crippen LogP contribution in [0.4, 0.5) is 4.39 Å². The lowest BCUT2D eigenvalue weighted by molar-refractivity contribution is 0.0998. The maximum atomic E-state index is 13.0. The number of hydrogen-bond acceptors (Lipinski definition) is 3. The number of phenolic OH excluding ortho intramolecular Hbond substituents is 1. The summed E-state index contributed by atoms with van der Waals surface area (Å²) in [6, 6.07) is 2.79. The van der Waals surface area contributed by atoms with Gasteiger partial charge in [-0.3, -0.25) is 4.79 Å². The van der Waals surface area contributed by atoms with Crippen LogP contribution in [-0.2, 0) is 0 Å². The number of phenols is 1. The summed E-state index contributed by atoms with van der Waals surface area (Å²) < 4.78 is 13.0. The number of hydrogen-bond donors (Lipinski definition) is 2. The van der Waals surface area contributed by atoms with E-state index >= 15 is 0 Å². The van der Waals surface area contributed by atoms with Gasteiger partial charge in [0.25, 0.3) is 0 Å². The van der Waals surface area contributed by atoms with Gasteiger partial charge >= 0.3 is 0 Å².